The van der Waals surface area contributed by atoms with Crippen LogP contribution in [-0.2, 0) is 14.8 Å². The first kappa shape index (κ1) is 16.9. The molecule has 2 saturated heterocycles. The van der Waals surface area contributed by atoms with Crippen molar-refractivity contribution >= 4 is 27.3 Å². The highest BCUT2D eigenvalue weighted by atomic mass is 32.2. The van der Waals surface area contributed by atoms with Gasteiger partial charge in [-0.25, -0.2) is 8.42 Å². The number of rotatable bonds is 5. The van der Waals surface area contributed by atoms with Crippen LogP contribution in [0.3, 0.4) is 0 Å². The predicted octanol–water partition coefficient (Wildman–Crippen LogP) is 0.969. The summed E-state index contributed by atoms with van der Waals surface area (Å²) in [5.41, 5.74) is 0. The average Bonchev–Trinajstić information content (AvgIpc) is 3.27. The number of carbonyl (C=O) groups is 1. The molecule has 2 atom stereocenters. The third-order valence-corrected chi connectivity index (χ3v) is 7.92. The third-order valence-electron chi connectivity index (χ3n) is 4.64. The van der Waals surface area contributed by atoms with E-state index in [-0.39, 0.29) is 5.91 Å². The van der Waals surface area contributed by atoms with Gasteiger partial charge in [-0.3, -0.25) is 4.79 Å². The van der Waals surface area contributed by atoms with Crippen LogP contribution in [0.5, 0.6) is 0 Å². The first-order chi connectivity index (χ1) is 11.0. The van der Waals surface area contributed by atoms with Gasteiger partial charge in [0, 0.05) is 19.6 Å². The number of nitrogens with zero attached hydrogens (tertiary/aromatic N) is 2. The van der Waals surface area contributed by atoms with E-state index < -0.39 is 16.1 Å². The molecule has 8 heteroatoms. The Labute approximate surface area is 141 Å². The van der Waals surface area contributed by atoms with Gasteiger partial charge in [-0.15, -0.1) is 11.3 Å². The number of nitrogens with one attached hydrogen (secondary N) is 1. The van der Waals surface area contributed by atoms with Gasteiger partial charge in [0.1, 0.15) is 10.3 Å². The van der Waals surface area contributed by atoms with Crippen LogP contribution in [0.25, 0.3) is 0 Å². The van der Waals surface area contributed by atoms with Crippen molar-refractivity contribution in [3.63, 3.8) is 0 Å². The van der Waals surface area contributed by atoms with E-state index in [1.54, 1.807) is 17.5 Å². The zero-order valence-corrected chi connectivity index (χ0v) is 14.9. The van der Waals surface area contributed by atoms with Gasteiger partial charge in [0.15, 0.2) is 0 Å². The molecule has 23 heavy (non-hydrogen) atoms. The lowest BCUT2D eigenvalue weighted by molar-refractivity contribution is -0.133. The highest BCUT2D eigenvalue weighted by molar-refractivity contribution is 7.91. The zero-order valence-electron chi connectivity index (χ0n) is 13.3. The first-order valence-electron chi connectivity index (χ1n) is 8.03. The van der Waals surface area contributed by atoms with Crippen molar-refractivity contribution in [2.75, 3.05) is 33.2 Å². The number of amides is 1. The maximum Gasteiger partial charge on any atom is 0.253 e. The Balaban J connectivity index is 1.73. The number of thiophene rings is 1. The molecule has 2 aliphatic rings. The Bertz CT molecular complexity index is 645. The predicted molar refractivity (Wildman–Crippen MR) is 89.8 cm³/mol. The summed E-state index contributed by atoms with van der Waals surface area (Å²) in [6, 6.07) is 2.81. The van der Waals surface area contributed by atoms with Crippen molar-refractivity contribution in [1.82, 2.24) is 14.5 Å². The van der Waals surface area contributed by atoms with Gasteiger partial charge in [-0.1, -0.05) is 6.07 Å². The molecular formula is C15H23N3O3S2. The van der Waals surface area contributed by atoms with E-state index in [2.05, 4.69) is 5.32 Å². The monoisotopic (exact) mass is 357 g/mol. The van der Waals surface area contributed by atoms with E-state index in [0.717, 1.165) is 32.5 Å². The van der Waals surface area contributed by atoms with Gasteiger partial charge < -0.3 is 10.2 Å². The van der Waals surface area contributed by atoms with Gasteiger partial charge in [-0.05, 0) is 50.2 Å². The summed E-state index contributed by atoms with van der Waals surface area (Å²) in [6.45, 7) is 2.79. The summed E-state index contributed by atoms with van der Waals surface area (Å²) in [5, 5.41) is 4.90. The number of likely N-dealkylation sites (tertiary alicyclic amines) is 1. The molecule has 3 rings (SSSR count). The lowest BCUT2D eigenvalue weighted by Gasteiger charge is -2.27. The van der Waals surface area contributed by atoms with Crippen molar-refractivity contribution in [2.24, 2.45) is 5.92 Å². The third kappa shape index (κ3) is 3.31. The van der Waals surface area contributed by atoms with E-state index in [9.17, 15) is 13.2 Å². The van der Waals surface area contributed by atoms with Crippen molar-refractivity contribution in [2.45, 2.75) is 29.5 Å². The fourth-order valence-corrected chi connectivity index (χ4v) is 6.27. The minimum absolute atomic E-state index is 0.0266. The van der Waals surface area contributed by atoms with E-state index in [1.807, 2.05) is 11.9 Å². The molecule has 2 fully saturated rings. The smallest absolute Gasteiger partial charge is 0.253 e. The molecule has 0 radical (unpaired) electrons. The summed E-state index contributed by atoms with van der Waals surface area (Å²) >= 11 is 1.21. The summed E-state index contributed by atoms with van der Waals surface area (Å²) in [6.07, 6.45) is 2.35. The summed E-state index contributed by atoms with van der Waals surface area (Å²) in [7, 11) is -1.64. The van der Waals surface area contributed by atoms with Crippen molar-refractivity contribution in [3.8, 4) is 0 Å². The van der Waals surface area contributed by atoms with E-state index >= 15 is 0 Å². The molecule has 2 aliphatic heterocycles. The molecule has 0 aliphatic carbocycles. The largest absolute Gasteiger partial charge is 0.341 e. The number of hydrogen-bond donors (Lipinski definition) is 1. The molecule has 0 spiro atoms. The maximum atomic E-state index is 12.8. The second-order valence-corrected chi connectivity index (χ2v) is 9.27. The van der Waals surface area contributed by atoms with Gasteiger partial charge in [-0.2, -0.15) is 4.31 Å². The van der Waals surface area contributed by atoms with E-state index in [0.29, 0.717) is 23.1 Å². The van der Waals surface area contributed by atoms with Crippen molar-refractivity contribution in [3.05, 3.63) is 17.5 Å². The Morgan fingerprint density at radius 2 is 2.22 bits per heavy atom. The van der Waals surface area contributed by atoms with Crippen LogP contribution >= 0.6 is 11.3 Å². The fraction of sp³-hybridized carbons (Fsp3) is 0.667. The molecule has 1 aromatic heterocycles. The molecule has 1 N–H and O–H groups in total. The summed E-state index contributed by atoms with van der Waals surface area (Å²) in [4.78, 5) is 14.7. The zero-order chi connectivity index (χ0) is 16.4. The number of carbonyl (C=O) groups excluding carboxylic acids is 1. The van der Waals surface area contributed by atoms with Crippen LogP contribution in [0.1, 0.15) is 19.3 Å². The Morgan fingerprint density at radius 3 is 2.91 bits per heavy atom. The molecule has 1 amide bonds. The lowest BCUT2D eigenvalue weighted by atomic mass is 10.1. The lowest BCUT2D eigenvalue weighted by Crippen LogP contribution is -2.47. The van der Waals surface area contributed by atoms with Gasteiger partial charge >= 0.3 is 0 Å². The minimum atomic E-state index is -3.55. The second-order valence-electron chi connectivity index (χ2n) is 6.20. The van der Waals surface area contributed by atoms with Crippen LogP contribution in [-0.4, -0.2) is 62.8 Å². The highest BCUT2D eigenvalue weighted by Gasteiger charge is 2.42. The van der Waals surface area contributed by atoms with Crippen LogP contribution in [0.2, 0.25) is 0 Å². The van der Waals surface area contributed by atoms with Crippen molar-refractivity contribution in [1.29, 1.82) is 0 Å². The minimum Gasteiger partial charge on any atom is -0.341 e. The van der Waals surface area contributed by atoms with E-state index in [1.165, 1.54) is 15.6 Å². The maximum absolute atomic E-state index is 12.8. The Morgan fingerprint density at radius 1 is 1.39 bits per heavy atom. The normalized spacial score (nSPS) is 26.0. The fourth-order valence-electron chi connectivity index (χ4n) is 3.50. The molecule has 0 saturated carbocycles. The standard InChI is InChI=1S/C15H23N3O3S2/c1-16-10-12-6-8-17(11-12)15(19)13-4-2-7-18(13)23(20,21)14-5-3-9-22-14/h3,5,9,12-13,16H,2,4,6-8,10-11H2,1H3. The van der Waals surface area contributed by atoms with Gasteiger partial charge in [0.25, 0.3) is 10.0 Å². The highest BCUT2D eigenvalue weighted by Crippen LogP contribution is 2.30. The van der Waals surface area contributed by atoms with E-state index in [4.69, 9.17) is 0 Å². The summed E-state index contributed by atoms with van der Waals surface area (Å²) in [5.74, 6) is 0.439. The van der Waals surface area contributed by atoms with Crippen molar-refractivity contribution < 1.29 is 13.2 Å². The molecule has 0 aromatic carbocycles. The summed E-state index contributed by atoms with van der Waals surface area (Å²) < 4.78 is 27.2. The molecule has 128 valence electrons. The molecule has 0 bridgehead atoms. The van der Waals surface area contributed by atoms with Crippen LogP contribution < -0.4 is 5.32 Å². The molecule has 6 nitrogen and oxygen atoms in total. The van der Waals surface area contributed by atoms with Crippen LogP contribution in [0, 0.1) is 5.92 Å². The van der Waals surface area contributed by atoms with Gasteiger partial charge in [0.2, 0.25) is 5.91 Å². The Kier molecular flexibility index (Phi) is 5.05. The second kappa shape index (κ2) is 6.88. The quantitative estimate of drug-likeness (QED) is 0.852. The van der Waals surface area contributed by atoms with Gasteiger partial charge in [0.05, 0.1) is 0 Å². The number of hydrogen-bond acceptors (Lipinski definition) is 5. The van der Waals surface area contributed by atoms with Crippen LogP contribution in [0.15, 0.2) is 21.7 Å². The number of sulfonamides is 1. The first-order valence-corrected chi connectivity index (χ1v) is 10.3. The topological polar surface area (TPSA) is 69.7 Å². The molecule has 2 unspecified atom stereocenters. The molecule has 3 heterocycles. The average molecular weight is 358 g/mol. The molecule has 1 aromatic rings. The Hall–Kier alpha value is -0.960. The SMILES string of the molecule is CNCC1CCN(C(=O)C2CCCN2S(=O)(=O)c2cccs2)C1. The molecular weight excluding hydrogens is 334 g/mol. The van der Waals surface area contributed by atoms with Crippen LogP contribution in [0.4, 0.5) is 0 Å².